The Morgan fingerprint density at radius 1 is 1.29 bits per heavy atom. The van der Waals surface area contributed by atoms with E-state index in [0.717, 1.165) is 57.0 Å². The molecular weight excluding hydrogens is 266 g/mol. The second-order valence-electron chi connectivity index (χ2n) is 5.71. The maximum Gasteiger partial charge on any atom is 0.254 e. The van der Waals surface area contributed by atoms with Crippen molar-refractivity contribution in [2.24, 2.45) is 0 Å². The van der Waals surface area contributed by atoms with Gasteiger partial charge < -0.3 is 15.0 Å². The molecule has 3 rings (SSSR count). The quantitative estimate of drug-likeness (QED) is 0.894. The molecule has 1 N–H and O–H groups in total. The second kappa shape index (κ2) is 6.45. The average Bonchev–Trinajstić information content (AvgIpc) is 3.05. The number of methoxy groups -OCH3 is 1. The molecule has 2 saturated heterocycles. The van der Waals surface area contributed by atoms with Crippen molar-refractivity contribution in [3.63, 3.8) is 0 Å². The Labute approximate surface area is 125 Å². The van der Waals surface area contributed by atoms with Crippen LogP contribution in [0.3, 0.4) is 0 Å². The third-order valence-electron chi connectivity index (χ3n) is 4.44. The molecule has 0 aromatic heterocycles. The van der Waals surface area contributed by atoms with Gasteiger partial charge in [0.2, 0.25) is 0 Å². The van der Waals surface area contributed by atoms with Crippen LogP contribution in [-0.4, -0.2) is 68.1 Å². The summed E-state index contributed by atoms with van der Waals surface area (Å²) in [7, 11) is 1.62. The molecule has 0 aliphatic carbocycles. The van der Waals surface area contributed by atoms with Crippen molar-refractivity contribution in [1.82, 2.24) is 15.1 Å². The van der Waals surface area contributed by atoms with Crippen LogP contribution in [0.4, 0.5) is 0 Å². The van der Waals surface area contributed by atoms with E-state index in [1.807, 2.05) is 29.2 Å². The summed E-state index contributed by atoms with van der Waals surface area (Å²) in [4.78, 5) is 17.1. The van der Waals surface area contributed by atoms with Crippen molar-refractivity contribution in [1.29, 1.82) is 0 Å². The van der Waals surface area contributed by atoms with E-state index in [-0.39, 0.29) is 5.91 Å². The standard InChI is InChI=1S/C16H23N3O2/c1-21-15-4-2-3-13(11-15)16(20)19-8-5-14(12-19)18-9-6-17-7-10-18/h2-4,11,14,17H,5-10,12H2,1H3. The highest BCUT2D eigenvalue weighted by Gasteiger charge is 2.31. The summed E-state index contributed by atoms with van der Waals surface area (Å²) < 4.78 is 5.20. The van der Waals surface area contributed by atoms with Crippen LogP contribution in [-0.2, 0) is 0 Å². The van der Waals surface area contributed by atoms with Crippen LogP contribution in [0, 0.1) is 0 Å². The molecule has 5 nitrogen and oxygen atoms in total. The number of carbonyl (C=O) groups excluding carboxylic acids is 1. The van der Waals surface area contributed by atoms with Crippen LogP contribution in [0.5, 0.6) is 5.75 Å². The number of amides is 1. The van der Waals surface area contributed by atoms with Gasteiger partial charge in [0, 0.05) is 50.9 Å². The van der Waals surface area contributed by atoms with Gasteiger partial charge in [-0.1, -0.05) is 6.07 Å². The first-order valence-electron chi connectivity index (χ1n) is 7.66. The zero-order valence-electron chi connectivity index (χ0n) is 12.5. The van der Waals surface area contributed by atoms with E-state index >= 15 is 0 Å². The molecule has 0 spiro atoms. The number of nitrogens with one attached hydrogen (secondary N) is 1. The molecule has 0 radical (unpaired) electrons. The fourth-order valence-electron chi connectivity index (χ4n) is 3.21. The van der Waals surface area contributed by atoms with E-state index in [0.29, 0.717) is 6.04 Å². The van der Waals surface area contributed by atoms with E-state index in [4.69, 9.17) is 4.74 Å². The zero-order chi connectivity index (χ0) is 14.7. The number of ether oxygens (including phenoxy) is 1. The maximum absolute atomic E-state index is 12.6. The third kappa shape index (κ3) is 3.19. The highest BCUT2D eigenvalue weighted by Crippen LogP contribution is 2.20. The summed E-state index contributed by atoms with van der Waals surface area (Å²) in [5.74, 6) is 0.852. The van der Waals surface area contributed by atoms with Gasteiger partial charge in [0.05, 0.1) is 7.11 Å². The van der Waals surface area contributed by atoms with Gasteiger partial charge in [-0.25, -0.2) is 0 Å². The summed E-state index contributed by atoms with van der Waals surface area (Å²) in [5, 5.41) is 3.37. The number of piperazine rings is 1. The van der Waals surface area contributed by atoms with Gasteiger partial charge in [-0.2, -0.15) is 0 Å². The molecule has 1 amide bonds. The van der Waals surface area contributed by atoms with Crippen LogP contribution >= 0.6 is 0 Å². The fourth-order valence-corrected chi connectivity index (χ4v) is 3.21. The lowest BCUT2D eigenvalue weighted by molar-refractivity contribution is 0.0773. The van der Waals surface area contributed by atoms with Crippen molar-refractivity contribution in [2.75, 3.05) is 46.4 Å². The van der Waals surface area contributed by atoms with E-state index in [1.54, 1.807) is 7.11 Å². The first kappa shape index (κ1) is 14.4. The van der Waals surface area contributed by atoms with E-state index < -0.39 is 0 Å². The Hall–Kier alpha value is -1.59. The van der Waals surface area contributed by atoms with Crippen LogP contribution in [0.1, 0.15) is 16.8 Å². The zero-order valence-corrected chi connectivity index (χ0v) is 12.5. The van der Waals surface area contributed by atoms with Gasteiger partial charge in [0.25, 0.3) is 5.91 Å². The highest BCUT2D eigenvalue weighted by molar-refractivity contribution is 5.94. The Balaban J connectivity index is 1.63. The van der Waals surface area contributed by atoms with Crippen molar-refractivity contribution in [3.8, 4) is 5.75 Å². The third-order valence-corrected chi connectivity index (χ3v) is 4.44. The smallest absolute Gasteiger partial charge is 0.254 e. The van der Waals surface area contributed by atoms with Crippen molar-refractivity contribution >= 4 is 5.91 Å². The lowest BCUT2D eigenvalue weighted by Gasteiger charge is -2.32. The molecule has 1 aromatic carbocycles. The van der Waals surface area contributed by atoms with Gasteiger partial charge >= 0.3 is 0 Å². The summed E-state index contributed by atoms with van der Waals surface area (Å²) in [6, 6.07) is 7.94. The number of hydrogen-bond acceptors (Lipinski definition) is 4. The minimum absolute atomic E-state index is 0.117. The van der Waals surface area contributed by atoms with Crippen LogP contribution in [0.2, 0.25) is 0 Å². The Morgan fingerprint density at radius 3 is 2.86 bits per heavy atom. The fraction of sp³-hybridized carbons (Fsp3) is 0.562. The van der Waals surface area contributed by atoms with Crippen LogP contribution < -0.4 is 10.1 Å². The first-order valence-corrected chi connectivity index (χ1v) is 7.66. The number of likely N-dealkylation sites (tertiary alicyclic amines) is 1. The lowest BCUT2D eigenvalue weighted by Crippen LogP contribution is -2.49. The first-order chi connectivity index (χ1) is 10.3. The molecule has 2 heterocycles. The van der Waals surface area contributed by atoms with E-state index in [2.05, 4.69) is 10.2 Å². The monoisotopic (exact) mass is 289 g/mol. The molecule has 1 atom stereocenters. The average molecular weight is 289 g/mol. The molecule has 2 aliphatic heterocycles. The Morgan fingerprint density at radius 2 is 2.10 bits per heavy atom. The molecule has 0 saturated carbocycles. The molecule has 5 heteroatoms. The minimum Gasteiger partial charge on any atom is -0.497 e. The Kier molecular flexibility index (Phi) is 4.41. The predicted molar refractivity (Wildman–Crippen MR) is 81.7 cm³/mol. The van der Waals surface area contributed by atoms with Crippen molar-refractivity contribution in [3.05, 3.63) is 29.8 Å². The topological polar surface area (TPSA) is 44.8 Å². The normalized spacial score (nSPS) is 23.3. The summed E-state index contributed by atoms with van der Waals surface area (Å²) >= 11 is 0. The van der Waals surface area contributed by atoms with Crippen molar-refractivity contribution < 1.29 is 9.53 Å². The number of benzene rings is 1. The largest absolute Gasteiger partial charge is 0.497 e. The van der Waals surface area contributed by atoms with Gasteiger partial charge in [-0.05, 0) is 24.6 Å². The predicted octanol–water partition coefficient (Wildman–Crippen LogP) is 0.815. The maximum atomic E-state index is 12.6. The summed E-state index contributed by atoms with van der Waals surface area (Å²) in [6.07, 6.45) is 1.08. The number of hydrogen-bond donors (Lipinski definition) is 1. The number of nitrogens with zero attached hydrogens (tertiary/aromatic N) is 2. The minimum atomic E-state index is 0.117. The Bertz CT molecular complexity index is 500. The van der Waals surface area contributed by atoms with E-state index in [1.165, 1.54) is 0 Å². The van der Waals surface area contributed by atoms with E-state index in [9.17, 15) is 4.79 Å². The molecule has 2 aliphatic rings. The molecule has 21 heavy (non-hydrogen) atoms. The molecular formula is C16H23N3O2. The van der Waals surface area contributed by atoms with Gasteiger partial charge in [0.15, 0.2) is 0 Å². The summed E-state index contributed by atoms with van der Waals surface area (Å²) in [5.41, 5.74) is 0.718. The number of carbonyl (C=O) groups is 1. The lowest BCUT2D eigenvalue weighted by atomic mass is 10.2. The number of rotatable bonds is 3. The van der Waals surface area contributed by atoms with Gasteiger partial charge in [0.1, 0.15) is 5.75 Å². The second-order valence-corrected chi connectivity index (χ2v) is 5.71. The van der Waals surface area contributed by atoms with Crippen LogP contribution in [0.15, 0.2) is 24.3 Å². The van der Waals surface area contributed by atoms with Crippen molar-refractivity contribution in [2.45, 2.75) is 12.5 Å². The molecule has 114 valence electrons. The molecule has 1 unspecified atom stereocenters. The van der Waals surface area contributed by atoms with Gasteiger partial charge in [-0.15, -0.1) is 0 Å². The molecule has 0 bridgehead atoms. The highest BCUT2D eigenvalue weighted by atomic mass is 16.5. The summed E-state index contributed by atoms with van der Waals surface area (Å²) in [6.45, 7) is 5.99. The van der Waals surface area contributed by atoms with Gasteiger partial charge in [-0.3, -0.25) is 9.69 Å². The SMILES string of the molecule is COc1cccc(C(=O)N2CCC(N3CCNCC3)C2)c1. The van der Waals surface area contributed by atoms with Crippen LogP contribution in [0.25, 0.3) is 0 Å². The molecule has 2 fully saturated rings. The molecule has 1 aromatic rings.